The van der Waals surface area contributed by atoms with Crippen LogP contribution in [0.5, 0.6) is 0 Å². The summed E-state index contributed by atoms with van der Waals surface area (Å²) in [5.41, 5.74) is -0.0331. The van der Waals surface area contributed by atoms with Gasteiger partial charge in [-0.15, -0.1) is 11.3 Å². The fraction of sp³-hybridized carbons (Fsp3) is 0.389. The maximum atomic E-state index is 11.9. The van der Waals surface area contributed by atoms with Crippen LogP contribution in [0.2, 0.25) is 0 Å². The number of allylic oxidation sites excluding steroid dienone is 2. The third-order valence-electron chi connectivity index (χ3n) is 5.16. The van der Waals surface area contributed by atoms with Crippen molar-refractivity contribution in [3.63, 3.8) is 0 Å². The van der Waals surface area contributed by atoms with Gasteiger partial charge in [0.25, 0.3) is 10.9 Å². The van der Waals surface area contributed by atoms with Crippen molar-refractivity contribution in [1.82, 2.24) is 0 Å². The maximum absolute atomic E-state index is 11.9. The maximum Gasteiger partial charge on any atom is 0.350 e. The number of esters is 1. The molecule has 2 aromatic rings. The third kappa shape index (κ3) is 2.68. The average molecular weight is 358 g/mol. The van der Waals surface area contributed by atoms with Crippen LogP contribution in [0, 0.1) is 17.8 Å². The van der Waals surface area contributed by atoms with Crippen molar-refractivity contribution >= 4 is 34.4 Å². The number of fused-ring (bicyclic) bond motifs is 2. The van der Waals surface area contributed by atoms with Crippen LogP contribution in [0.4, 0.5) is 17.1 Å². The second-order valence-corrected chi connectivity index (χ2v) is 7.53. The first kappa shape index (κ1) is 16.1. The topological polar surface area (TPSA) is 84.5 Å². The Morgan fingerprint density at radius 3 is 2.72 bits per heavy atom. The molecule has 3 atom stereocenters. The molecule has 25 heavy (non-hydrogen) atoms. The minimum absolute atomic E-state index is 0.229. The third-order valence-corrected chi connectivity index (χ3v) is 6.06. The van der Waals surface area contributed by atoms with Crippen molar-refractivity contribution < 1.29 is 9.53 Å². The highest BCUT2D eigenvalue weighted by atomic mass is 32.1. The van der Waals surface area contributed by atoms with Crippen LogP contribution in [-0.4, -0.2) is 19.6 Å². The Morgan fingerprint density at radius 2 is 2.04 bits per heavy atom. The zero-order valence-electron chi connectivity index (χ0n) is 13.7. The van der Waals surface area contributed by atoms with Crippen molar-refractivity contribution in [2.75, 3.05) is 24.3 Å². The number of methoxy groups -OCH3 is 1. The van der Waals surface area contributed by atoms with Crippen LogP contribution >= 0.6 is 11.3 Å². The van der Waals surface area contributed by atoms with Crippen LogP contribution in [0.25, 0.3) is 0 Å². The average Bonchev–Trinajstić information content (AvgIpc) is 3.36. The van der Waals surface area contributed by atoms with Gasteiger partial charge in [0, 0.05) is 6.54 Å². The number of rotatable bonds is 6. The Bertz CT molecular complexity index is 922. The largest absolute Gasteiger partial charge is 0.465 e. The van der Waals surface area contributed by atoms with Gasteiger partial charge in [-0.2, -0.15) is 0 Å². The van der Waals surface area contributed by atoms with Crippen LogP contribution in [-0.2, 0) is 4.74 Å². The van der Waals surface area contributed by atoms with Gasteiger partial charge in [-0.25, -0.2) is 4.79 Å². The zero-order chi connectivity index (χ0) is 17.6. The molecule has 2 N–H and O–H groups in total. The molecule has 0 saturated heterocycles. The van der Waals surface area contributed by atoms with Crippen molar-refractivity contribution in [3.05, 3.63) is 48.9 Å². The first-order valence-electron chi connectivity index (χ1n) is 8.26. The second-order valence-electron chi connectivity index (χ2n) is 6.61. The number of anilines is 3. The molecule has 0 amide bonds. The van der Waals surface area contributed by atoms with Gasteiger partial charge in [0.2, 0.25) is 0 Å². The van der Waals surface area contributed by atoms with Crippen molar-refractivity contribution in [3.8, 4) is 0 Å². The minimum atomic E-state index is -0.558. The first-order chi connectivity index (χ1) is 12.1. The van der Waals surface area contributed by atoms with E-state index in [2.05, 4.69) is 22.8 Å². The molecule has 2 bridgehead atoms. The molecule has 7 heteroatoms. The van der Waals surface area contributed by atoms with E-state index < -0.39 is 16.8 Å². The molecule has 0 spiro atoms. The number of ether oxygens (including phenoxy) is 1. The number of carbonyl (C=O) groups is 1. The smallest absolute Gasteiger partial charge is 0.350 e. The van der Waals surface area contributed by atoms with E-state index in [1.165, 1.54) is 24.9 Å². The quantitative estimate of drug-likeness (QED) is 0.469. The SMILES string of the molecule is COC(=O)c1sccc1Nc1c(NC[C@H]2C[C@H]3C=C[C@H]2C3)c(=O)c1=O. The number of carbonyl (C=O) groups excluding carboxylic acids is 1. The van der Waals surface area contributed by atoms with Crippen molar-refractivity contribution in [2.24, 2.45) is 17.8 Å². The molecule has 1 aromatic heterocycles. The van der Waals surface area contributed by atoms with Gasteiger partial charge in [0.05, 0.1) is 12.8 Å². The summed E-state index contributed by atoms with van der Waals surface area (Å²) in [6.07, 6.45) is 6.86. The van der Waals surface area contributed by atoms with Crippen molar-refractivity contribution in [2.45, 2.75) is 12.8 Å². The zero-order valence-corrected chi connectivity index (χ0v) is 14.5. The predicted molar refractivity (Wildman–Crippen MR) is 97.6 cm³/mol. The molecule has 1 fully saturated rings. The van der Waals surface area contributed by atoms with Gasteiger partial charge in [-0.05, 0) is 42.0 Å². The Hall–Kier alpha value is -2.41. The van der Waals surface area contributed by atoms with Gasteiger partial charge in [0.1, 0.15) is 16.3 Å². The van der Waals surface area contributed by atoms with Crippen LogP contribution in [0.15, 0.2) is 33.2 Å². The van der Waals surface area contributed by atoms with Gasteiger partial charge in [-0.1, -0.05) is 12.2 Å². The molecule has 130 valence electrons. The Labute approximate surface area is 148 Å². The van der Waals surface area contributed by atoms with Gasteiger partial charge in [-0.3, -0.25) is 9.59 Å². The standard InChI is InChI=1S/C18H18N2O4S/c1-24-18(23)17-12(4-5-25-17)20-14-13(15(21)16(14)22)19-8-11-7-9-2-3-10(11)6-9/h2-5,9-11,19-20H,6-8H2,1H3/t9-,10-,11+/m0/s1. The molecular weight excluding hydrogens is 340 g/mol. The monoisotopic (exact) mass is 358 g/mol. The molecule has 6 nitrogen and oxygen atoms in total. The fourth-order valence-corrected chi connectivity index (χ4v) is 4.60. The molecule has 2 aliphatic rings. The highest BCUT2D eigenvalue weighted by Crippen LogP contribution is 2.43. The molecule has 1 saturated carbocycles. The summed E-state index contributed by atoms with van der Waals surface area (Å²) in [6, 6.07) is 1.69. The molecule has 0 radical (unpaired) electrons. The first-order valence-corrected chi connectivity index (χ1v) is 9.14. The van der Waals surface area contributed by atoms with Gasteiger partial charge < -0.3 is 15.4 Å². The molecule has 4 rings (SSSR count). The van der Waals surface area contributed by atoms with Crippen molar-refractivity contribution in [1.29, 1.82) is 0 Å². The lowest BCUT2D eigenvalue weighted by molar-refractivity contribution is 0.0607. The summed E-state index contributed by atoms with van der Waals surface area (Å²) in [7, 11) is 1.31. The molecule has 0 aliphatic heterocycles. The fourth-order valence-electron chi connectivity index (χ4n) is 3.84. The summed E-state index contributed by atoms with van der Waals surface area (Å²) < 4.78 is 4.73. The minimum Gasteiger partial charge on any atom is -0.465 e. The summed E-state index contributed by atoms with van der Waals surface area (Å²) >= 11 is 1.22. The summed E-state index contributed by atoms with van der Waals surface area (Å²) in [6.45, 7) is 0.679. The predicted octanol–water partition coefficient (Wildman–Crippen LogP) is 2.50. The summed E-state index contributed by atoms with van der Waals surface area (Å²) in [5.74, 6) is 1.26. The van der Waals surface area contributed by atoms with Crippen LogP contribution in [0.1, 0.15) is 22.5 Å². The molecule has 1 aromatic carbocycles. The van der Waals surface area contributed by atoms with E-state index in [0.29, 0.717) is 40.6 Å². The van der Waals surface area contributed by atoms with Crippen LogP contribution < -0.4 is 21.5 Å². The Balaban J connectivity index is 1.48. The lowest BCUT2D eigenvalue weighted by Crippen LogP contribution is -2.38. The number of nitrogens with one attached hydrogen (secondary N) is 2. The number of thiophene rings is 1. The van der Waals surface area contributed by atoms with E-state index in [4.69, 9.17) is 4.74 Å². The number of hydrogen-bond donors (Lipinski definition) is 2. The summed E-state index contributed by atoms with van der Waals surface area (Å²) in [5, 5.41) is 7.81. The van der Waals surface area contributed by atoms with E-state index in [-0.39, 0.29) is 5.69 Å². The van der Waals surface area contributed by atoms with Gasteiger partial charge in [0.15, 0.2) is 0 Å². The van der Waals surface area contributed by atoms with Gasteiger partial charge >= 0.3 is 5.97 Å². The van der Waals surface area contributed by atoms with E-state index in [0.717, 1.165) is 6.42 Å². The lowest BCUT2D eigenvalue weighted by atomic mass is 9.93. The number of hydrogen-bond acceptors (Lipinski definition) is 7. The molecular formula is C18H18N2O4S. The normalized spacial score (nSPS) is 24.0. The Morgan fingerprint density at radius 1 is 1.24 bits per heavy atom. The van der Waals surface area contributed by atoms with E-state index in [1.807, 2.05) is 0 Å². The molecule has 2 aliphatic carbocycles. The van der Waals surface area contributed by atoms with E-state index in [1.54, 1.807) is 11.4 Å². The lowest BCUT2D eigenvalue weighted by Gasteiger charge is -2.21. The highest BCUT2D eigenvalue weighted by molar-refractivity contribution is 7.12. The second kappa shape index (κ2) is 6.15. The highest BCUT2D eigenvalue weighted by Gasteiger charge is 2.35. The molecule has 0 unspecified atom stereocenters. The van der Waals surface area contributed by atoms with Crippen LogP contribution in [0.3, 0.4) is 0 Å². The van der Waals surface area contributed by atoms with E-state index in [9.17, 15) is 14.4 Å². The molecule has 1 heterocycles. The summed E-state index contributed by atoms with van der Waals surface area (Å²) in [4.78, 5) is 36.0. The Kier molecular flexibility index (Phi) is 3.95. The van der Waals surface area contributed by atoms with E-state index >= 15 is 0 Å².